The number of nitrogens with zero attached hydrogens (tertiary/aromatic N) is 1. The van der Waals surface area contributed by atoms with Gasteiger partial charge in [0.05, 0.1) is 16.1 Å². The minimum atomic E-state index is -0.511. The Morgan fingerprint density at radius 1 is 1.26 bits per heavy atom. The number of hydrogen-bond acceptors (Lipinski definition) is 3. The lowest BCUT2D eigenvalue weighted by Crippen LogP contribution is -2.52. The second kappa shape index (κ2) is 7.99. The van der Waals surface area contributed by atoms with E-state index in [1.165, 1.54) is 0 Å². The largest absolute Gasteiger partial charge is 0.333 e. The number of rotatable bonds is 4. The molecule has 0 unspecified atom stereocenters. The first-order chi connectivity index (χ1) is 10.5. The van der Waals surface area contributed by atoms with Crippen molar-refractivity contribution < 1.29 is 9.59 Å². The Morgan fingerprint density at radius 2 is 1.87 bits per heavy atom. The third kappa shape index (κ3) is 6.37. The maximum absolute atomic E-state index is 12.2. The van der Waals surface area contributed by atoms with E-state index in [0.29, 0.717) is 16.6 Å². The van der Waals surface area contributed by atoms with Crippen LogP contribution in [0.5, 0.6) is 0 Å². The van der Waals surface area contributed by atoms with Gasteiger partial charge in [-0.15, -0.1) is 0 Å². The lowest BCUT2D eigenvalue weighted by atomic mass is 10.1. The molecule has 0 saturated carbocycles. The molecule has 0 saturated heterocycles. The first kappa shape index (κ1) is 19.7. The topological polar surface area (TPSA) is 61.4 Å². The van der Waals surface area contributed by atoms with Gasteiger partial charge in [0, 0.05) is 12.1 Å². The molecule has 0 aliphatic rings. The lowest BCUT2D eigenvalue weighted by Gasteiger charge is -2.25. The normalized spacial score (nSPS) is 12.9. The Bertz CT molecular complexity index is 585. The van der Waals surface area contributed by atoms with Gasteiger partial charge in [0.1, 0.15) is 0 Å². The van der Waals surface area contributed by atoms with E-state index in [-0.39, 0.29) is 5.91 Å². The van der Waals surface area contributed by atoms with Crippen LogP contribution in [0.1, 0.15) is 33.3 Å². The SMILES string of the molecule is C[C@H](C(=O)NC(=O)NC(C)(C)C)N(C)Cc1cccc(Cl)c1Cl. The highest BCUT2D eigenvalue weighted by Gasteiger charge is 2.22. The van der Waals surface area contributed by atoms with E-state index in [2.05, 4.69) is 10.6 Å². The Hall–Kier alpha value is -1.30. The minimum absolute atomic E-state index is 0.382. The summed E-state index contributed by atoms with van der Waals surface area (Å²) in [5, 5.41) is 5.96. The number of nitrogens with one attached hydrogen (secondary N) is 2. The molecule has 1 rings (SSSR count). The summed E-state index contributed by atoms with van der Waals surface area (Å²) in [4.78, 5) is 25.7. The zero-order valence-corrected chi connectivity index (χ0v) is 15.5. The molecule has 7 heteroatoms. The van der Waals surface area contributed by atoms with Crippen LogP contribution in [0.2, 0.25) is 10.0 Å². The number of hydrogen-bond donors (Lipinski definition) is 2. The number of imide groups is 1. The van der Waals surface area contributed by atoms with Gasteiger partial charge in [0.25, 0.3) is 0 Å². The number of halogens is 2. The maximum atomic E-state index is 12.2. The maximum Gasteiger partial charge on any atom is 0.321 e. The van der Waals surface area contributed by atoms with Crippen LogP contribution in [-0.2, 0) is 11.3 Å². The molecule has 0 heterocycles. The van der Waals surface area contributed by atoms with Crippen LogP contribution in [0.4, 0.5) is 4.79 Å². The third-order valence-electron chi connectivity index (χ3n) is 3.22. The van der Waals surface area contributed by atoms with Crippen molar-refractivity contribution in [3.63, 3.8) is 0 Å². The van der Waals surface area contributed by atoms with Gasteiger partial charge in [-0.05, 0) is 46.4 Å². The molecule has 23 heavy (non-hydrogen) atoms. The molecule has 128 valence electrons. The van der Waals surface area contributed by atoms with Gasteiger partial charge in [-0.3, -0.25) is 15.0 Å². The minimum Gasteiger partial charge on any atom is -0.333 e. The van der Waals surface area contributed by atoms with Crippen molar-refractivity contribution in [1.29, 1.82) is 0 Å². The number of benzene rings is 1. The highest BCUT2D eigenvalue weighted by atomic mass is 35.5. The summed E-state index contributed by atoms with van der Waals surface area (Å²) in [6.07, 6.45) is 0. The molecule has 0 bridgehead atoms. The van der Waals surface area contributed by atoms with Crippen molar-refractivity contribution in [3.8, 4) is 0 Å². The standard InChI is InChI=1S/C16H23Cl2N3O2/c1-10(14(22)19-15(23)20-16(2,3)4)21(5)9-11-7-6-8-12(17)13(11)18/h6-8,10H,9H2,1-5H3,(H2,19,20,22,23)/t10-/m1/s1. The number of urea groups is 1. The molecule has 1 aromatic carbocycles. The quantitative estimate of drug-likeness (QED) is 0.865. The highest BCUT2D eigenvalue weighted by Crippen LogP contribution is 2.26. The summed E-state index contributed by atoms with van der Waals surface area (Å²) in [5.74, 6) is -0.382. The molecule has 3 amide bonds. The summed E-state index contributed by atoms with van der Waals surface area (Å²) in [6.45, 7) is 7.68. The Balaban J connectivity index is 2.65. The summed E-state index contributed by atoms with van der Waals surface area (Å²) in [5.41, 5.74) is 0.411. The van der Waals surface area contributed by atoms with Crippen molar-refractivity contribution >= 4 is 35.1 Å². The molecule has 0 aromatic heterocycles. The summed E-state index contributed by atoms with van der Waals surface area (Å²) >= 11 is 12.1. The number of carbonyl (C=O) groups excluding carboxylic acids is 2. The molecule has 0 spiro atoms. The fourth-order valence-corrected chi connectivity index (χ4v) is 2.24. The first-order valence-electron chi connectivity index (χ1n) is 7.27. The molecule has 0 aliphatic carbocycles. The average Bonchev–Trinajstić information content (AvgIpc) is 2.40. The van der Waals surface area contributed by atoms with Crippen molar-refractivity contribution in [1.82, 2.24) is 15.5 Å². The smallest absolute Gasteiger partial charge is 0.321 e. The monoisotopic (exact) mass is 359 g/mol. The van der Waals surface area contributed by atoms with Crippen molar-refractivity contribution in [2.75, 3.05) is 7.05 Å². The van der Waals surface area contributed by atoms with Gasteiger partial charge in [-0.25, -0.2) is 4.79 Å². The van der Waals surface area contributed by atoms with Crippen LogP contribution in [0, 0.1) is 0 Å². The summed E-state index contributed by atoms with van der Waals surface area (Å²) in [6, 6.07) is 4.35. The van der Waals surface area contributed by atoms with Crippen molar-refractivity contribution in [3.05, 3.63) is 33.8 Å². The van der Waals surface area contributed by atoms with Gasteiger partial charge in [-0.2, -0.15) is 0 Å². The Labute approximate surface area is 147 Å². The number of amides is 3. The average molecular weight is 360 g/mol. The second-order valence-electron chi connectivity index (χ2n) is 6.50. The van der Waals surface area contributed by atoms with Gasteiger partial charge in [0.15, 0.2) is 0 Å². The van der Waals surface area contributed by atoms with E-state index in [1.807, 2.05) is 26.8 Å². The van der Waals surface area contributed by atoms with E-state index >= 15 is 0 Å². The summed E-state index contributed by atoms with van der Waals surface area (Å²) in [7, 11) is 1.78. The molecular formula is C16H23Cl2N3O2. The van der Waals surface area contributed by atoms with Gasteiger partial charge in [0.2, 0.25) is 5.91 Å². The molecular weight excluding hydrogens is 337 g/mol. The van der Waals surface area contributed by atoms with Gasteiger partial charge >= 0.3 is 6.03 Å². The van der Waals surface area contributed by atoms with E-state index < -0.39 is 17.6 Å². The zero-order valence-electron chi connectivity index (χ0n) is 14.0. The van der Waals surface area contributed by atoms with Crippen LogP contribution in [0.25, 0.3) is 0 Å². The second-order valence-corrected chi connectivity index (χ2v) is 7.28. The van der Waals surface area contributed by atoms with E-state index in [9.17, 15) is 9.59 Å². The number of likely N-dealkylation sites (N-methyl/N-ethyl adjacent to an activating group) is 1. The van der Waals surface area contributed by atoms with Crippen molar-refractivity contribution in [2.45, 2.75) is 45.8 Å². The molecule has 1 atom stereocenters. The highest BCUT2D eigenvalue weighted by molar-refractivity contribution is 6.42. The molecule has 0 radical (unpaired) electrons. The lowest BCUT2D eigenvalue weighted by molar-refractivity contribution is -0.124. The Morgan fingerprint density at radius 3 is 2.43 bits per heavy atom. The predicted octanol–water partition coefficient (Wildman–Crippen LogP) is 3.44. The molecule has 0 aliphatic heterocycles. The fraction of sp³-hybridized carbons (Fsp3) is 0.500. The summed E-state index contributed by atoms with van der Waals surface area (Å²) < 4.78 is 0. The predicted molar refractivity (Wildman–Crippen MR) is 93.8 cm³/mol. The molecule has 2 N–H and O–H groups in total. The van der Waals surface area contributed by atoms with Crippen LogP contribution in [-0.4, -0.2) is 35.5 Å². The Kier molecular flexibility index (Phi) is 6.86. The van der Waals surface area contributed by atoms with Crippen LogP contribution < -0.4 is 10.6 Å². The first-order valence-corrected chi connectivity index (χ1v) is 8.03. The van der Waals surface area contributed by atoms with Crippen molar-refractivity contribution in [2.24, 2.45) is 0 Å². The van der Waals surface area contributed by atoms with E-state index in [4.69, 9.17) is 23.2 Å². The van der Waals surface area contributed by atoms with Gasteiger partial charge < -0.3 is 5.32 Å². The van der Waals surface area contributed by atoms with Crippen LogP contribution in [0.15, 0.2) is 18.2 Å². The fourth-order valence-electron chi connectivity index (χ4n) is 1.86. The third-order valence-corrected chi connectivity index (χ3v) is 4.08. The van der Waals surface area contributed by atoms with Crippen LogP contribution >= 0.6 is 23.2 Å². The van der Waals surface area contributed by atoms with E-state index in [1.54, 1.807) is 31.0 Å². The molecule has 5 nitrogen and oxygen atoms in total. The van der Waals surface area contributed by atoms with E-state index in [0.717, 1.165) is 5.56 Å². The van der Waals surface area contributed by atoms with Gasteiger partial charge in [-0.1, -0.05) is 35.3 Å². The molecule has 0 fully saturated rings. The molecule has 1 aromatic rings. The number of carbonyl (C=O) groups is 2. The zero-order chi connectivity index (χ0) is 17.8. The van der Waals surface area contributed by atoms with Crippen LogP contribution in [0.3, 0.4) is 0 Å².